The van der Waals surface area contributed by atoms with Crippen molar-refractivity contribution in [3.63, 3.8) is 0 Å². The summed E-state index contributed by atoms with van der Waals surface area (Å²) in [6, 6.07) is 5.84. The Balaban J connectivity index is 1.93. The van der Waals surface area contributed by atoms with Crippen LogP contribution in [-0.4, -0.2) is 39.2 Å². The summed E-state index contributed by atoms with van der Waals surface area (Å²) in [5.74, 6) is -1.56. The Bertz CT molecular complexity index is 1190. The molecule has 39 heavy (non-hydrogen) atoms. The van der Waals surface area contributed by atoms with Crippen molar-refractivity contribution >= 4 is 33.3 Å². The third kappa shape index (κ3) is 7.84. The maximum atomic E-state index is 13.7. The van der Waals surface area contributed by atoms with E-state index >= 15 is 0 Å². The lowest BCUT2D eigenvalue weighted by molar-refractivity contribution is -0.156. The number of Topliss-reactive ketones (excluding diaryl/α,β-unsaturated/α-hetero) is 1. The van der Waals surface area contributed by atoms with E-state index in [1.165, 1.54) is 5.57 Å². The topological polar surface area (TPSA) is 123 Å². The summed E-state index contributed by atoms with van der Waals surface area (Å²) < 4.78 is 6.95. The fourth-order valence-electron chi connectivity index (χ4n) is 5.23. The molecule has 5 atom stereocenters. The number of ether oxygens (including phenoxy) is 1. The maximum absolute atomic E-state index is 13.7. The normalized spacial score (nSPS) is 27.7. The van der Waals surface area contributed by atoms with Gasteiger partial charge in [0, 0.05) is 18.9 Å². The molecule has 1 aromatic heterocycles. The summed E-state index contributed by atoms with van der Waals surface area (Å²) in [7, 11) is 0. The second-order valence-corrected chi connectivity index (χ2v) is 12.6. The minimum absolute atomic E-state index is 0.0848. The SMILES string of the molecule is C=CCC[C@H]1C(=O)C(C)(C)[C@@H](O)CC(=O)O[C@H](c2ccc3sc(CN)nc3c2)CC=C(C)CCC[C@H](C)[C@@H]1O. The molecule has 8 heteroatoms. The van der Waals surface area contributed by atoms with Gasteiger partial charge in [-0.05, 0) is 62.6 Å². The van der Waals surface area contributed by atoms with E-state index in [1.54, 1.807) is 31.3 Å². The lowest BCUT2D eigenvalue weighted by Gasteiger charge is -2.36. The number of hydrogen-bond donors (Lipinski definition) is 3. The van der Waals surface area contributed by atoms with Gasteiger partial charge in [0.05, 0.1) is 34.3 Å². The molecule has 0 fully saturated rings. The number of fused-ring (bicyclic) bond motifs is 1. The van der Waals surface area contributed by atoms with Crippen LogP contribution >= 0.6 is 11.3 Å². The van der Waals surface area contributed by atoms with Crippen LogP contribution in [0.3, 0.4) is 0 Å². The van der Waals surface area contributed by atoms with E-state index in [2.05, 4.69) is 24.6 Å². The number of thiazole rings is 1. The van der Waals surface area contributed by atoms with Crippen molar-refractivity contribution in [2.45, 2.75) is 97.5 Å². The highest BCUT2D eigenvalue weighted by Crippen LogP contribution is 2.35. The van der Waals surface area contributed by atoms with Gasteiger partial charge in [-0.1, -0.05) is 44.6 Å². The van der Waals surface area contributed by atoms with E-state index in [4.69, 9.17) is 10.5 Å². The van der Waals surface area contributed by atoms with Crippen LogP contribution in [0.1, 0.15) is 89.3 Å². The van der Waals surface area contributed by atoms with Gasteiger partial charge >= 0.3 is 5.97 Å². The number of rotatable bonds is 5. The van der Waals surface area contributed by atoms with Crippen molar-refractivity contribution in [2.75, 3.05) is 0 Å². The lowest BCUT2D eigenvalue weighted by Crippen LogP contribution is -2.46. The molecule has 0 aliphatic carbocycles. The number of aliphatic hydroxyl groups excluding tert-OH is 2. The van der Waals surface area contributed by atoms with Crippen LogP contribution in [0.4, 0.5) is 0 Å². The zero-order valence-electron chi connectivity index (χ0n) is 23.7. The van der Waals surface area contributed by atoms with Crippen LogP contribution in [0.5, 0.6) is 0 Å². The Hall–Kier alpha value is -2.39. The highest BCUT2D eigenvalue weighted by molar-refractivity contribution is 7.18. The van der Waals surface area contributed by atoms with Crippen molar-refractivity contribution in [1.82, 2.24) is 4.98 Å². The van der Waals surface area contributed by atoms with Gasteiger partial charge in [-0.15, -0.1) is 17.9 Å². The minimum Gasteiger partial charge on any atom is -0.457 e. The quantitative estimate of drug-likeness (QED) is 0.315. The van der Waals surface area contributed by atoms with Crippen LogP contribution in [0.15, 0.2) is 42.5 Å². The number of allylic oxidation sites excluding steroid dienone is 2. The zero-order chi connectivity index (χ0) is 28.7. The molecule has 0 unspecified atom stereocenters. The molecule has 0 amide bonds. The standard InChI is InChI=1S/C31H44N2O5S/c1-6-7-11-22-29(36)20(3)10-8-9-19(2)12-14-24(38-28(35)17-26(34)31(4,5)30(22)37)21-13-15-25-23(16-21)33-27(18-32)39-25/h6,12-13,15-16,20,22,24,26,29,34,36H,1,7-11,14,17-18,32H2,2-5H3/t20-,22+,24-,26-,29-/m0/s1. The molecule has 0 saturated heterocycles. The molecule has 1 aliphatic heterocycles. The molecule has 0 radical (unpaired) electrons. The van der Waals surface area contributed by atoms with Crippen LogP contribution in [0.2, 0.25) is 0 Å². The average molecular weight is 557 g/mol. The van der Waals surface area contributed by atoms with E-state index in [-0.39, 0.29) is 18.1 Å². The lowest BCUT2D eigenvalue weighted by atomic mass is 9.71. The first-order valence-electron chi connectivity index (χ1n) is 13.9. The first-order chi connectivity index (χ1) is 18.5. The molecule has 3 rings (SSSR count). The Morgan fingerprint density at radius 1 is 1.28 bits per heavy atom. The summed E-state index contributed by atoms with van der Waals surface area (Å²) in [4.78, 5) is 31.4. The number of nitrogens with two attached hydrogens (primary N) is 1. The van der Waals surface area contributed by atoms with Crippen molar-refractivity contribution < 1.29 is 24.5 Å². The van der Waals surface area contributed by atoms with Gasteiger partial charge in [0.1, 0.15) is 16.9 Å². The van der Waals surface area contributed by atoms with Gasteiger partial charge in [0.2, 0.25) is 0 Å². The van der Waals surface area contributed by atoms with Crippen LogP contribution < -0.4 is 5.73 Å². The van der Waals surface area contributed by atoms with Gasteiger partial charge in [-0.2, -0.15) is 0 Å². The van der Waals surface area contributed by atoms with Gasteiger partial charge in [0.15, 0.2) is 0 Å². The Morgan fingerprint density at radius 2 is 2.03 bits per heavy atom. The number of hydrogen-bond acceptors (Lipinski definition) is 8. The Morgan fingerprint density at radius 3 is 2.72 bits per heavy atom. The molecule has 0 saturated carbocycles. The molecule has 1 aliphatic rings. The van der Waals surface area contributed by atoms with Crippen molar-refractivity contribution in [3.8, 4) is 0 Å². The number of ketones is 1. The summed E-state index contributed by atoms with van der Waals surface area (Å²) in [6.45, 7) is 11.4. The molecule has 4 N–H and O–H groups in total. The first kappa shape index (κ1) is 31.1. The number of carbonyl (C=O) groups is 2. The van der Waals surface area contributed by atoms with Gasteiger partial charge in [-0.25, -0.2) is 4.98 Å². The van der Waals surface area contributed by atoms with Crippen molar-refractivity contribution in [1.29, 1.82) is 0 Å². The number of carbonyl (C=O) groups excluding carboxylic acids is 2. The summed E-state index contributed by atoms with van der Waals surface area (Å²) in [6.07, 6.45) is 4.85. The fraction of sp³-hybridized carbons (Fsp3) is 0.581. The molecule has 214 valence electrons. The molecule has 7 nitrogen and oxygen atoms in total. The molecule has 0 bridgehead atoms. The monoisotopic (exact) mass is 556 g/mol. The van der Waals surface area contributed by atoms with Gasteiger partial charge in [-0.3, -0.25) is 9.59 Å². The molecular weight excluding hydrogens is 512 g/mol. The van der Waals surface area contributed by atoms with Gasteiger partial charge in [0.25, 0.3) is 0 Å². The van der Waals surface area contributed by atoms with E-state index < -0.39 is 35.6 Å². The Kier molecular flexibility index (Phi) is 11.0. The van der Waals surface area contributed by atoms with E-state index in [0.29, 0.717) is 25.8 Å². The second kappa shape index (κ2) is 13.8. The van der Waals surface area contributed by atoms with Crippen molar-refractivity contribution in [3.05, 3.63) is 53.1 Å². The number of benzene rings is 1. The highest BCUT2D eigenvalue weighted by Gasteiger charge is 2.43. The Labute approximate surface area is 236 Å². The number of esters is 1. The summed E-state index contributed by atoms with van der Waals surface area (Å²) >= 11 is 1.54. The van der Waals surface area contributed by atoms with Crippen LogP contribution in [0, 0.1) is 17.3 Å². The third-order valence-corrected chi connectivity index (χ3v) is 9.09. The summed E-state index contributed by atoms with van der Waals surface area (Å²) in [5, 5.41) is 23.1. The minimum atomic E-state index is -1.26. The van der Waals surface area contributed by atoms with E-state index in [9.17, 15) is 19.8 Å². The van der Waals surface area contributed by atoms with Gasteiger partial charge < -0.3 is 20.7 Å². The number of aliphatic hydroxyl groups is 2. The van der Waals surface area contributed by atoms with Crippen LogP contribution in [0.25, 0.3) is 10.2 Å². The highest BCUT2D eigenvalue weighted by atomic mass is 32.1. The number of cyclic esters (lactones) is 1. The largest absolute Gasteiger partial charge is 0.457 e. The fourth-order valence-corrected chi connectivity index (χ4v) is 6.06. The number of nitrogens with zero attached hydrogens (tertiary/aromatic N) is 1. The zero-order valence-corrected chi connectivity index (χ0v) is 24.5. The maximum Gasteiger partial charge on any atom is 0.309 e. The molecule has 0 spiro atoms. The molecule has 2 aromatic rings. The van der Waals surface area contributed by atoms with E-state index in [1.807, 2.05) is 25.1 Å². The molecular formula is C31H44N2O5S. The molecule has 2 heterocycles. The smallest absolute Gasteiger partial charge is 0.309 e. The van der Waals surface area contributed by atoms with Crippen LogP contribution in [-0.2, 0) is 20.9 Å². The number of aromatic nitrogens is 1. The van der Waals surface area contributed by atoms with E-state index in [0.717, 1.165) is 40.1 Å². The summed E-state index contributed by atoms with van der Waals surface area (Å²) in [5.41, 5.74) is 7.33. The second-order valence-electron chi connectivity index (χ2n) is 11.4. The molecule has 1 aromatic carbocycles. The average Bonchev–Trinajstić information content (AvgIpc) is 3.32. The predicted molar refractivity (Wildman–Crippen MR) is 156 cm³/mol. The predicted octanol–water partition coefficient (Wildman–Crippen LogP) is 5.79. The van der Waals surface area contributed by atoms with Crippen molar-refractivity contribution in [2.24, 2.45) is 23.0 Å². The third-order valence-electron chi connectivity index (χ3n) is 8.03. The first-order valence-corrected chi connectivity index (χ1v) is 14.7.